The molecule has 0 radical (unpaired) electrons. The maximum absolute atomic E-state index is 5.77. The van der Waals surface area contributed by atoms with Gasteiger partial charge in [0.25, 0.3) is 0 Å². The molecule has 0 fully saturated rings. The highest BCUT2D eigenvalue weighted by Gasteiger charge is 2.13. The van der Waals surface area contributed by atoms with Gasteiger partial charge in [0.05, 0.1) is 53.7 Å². The Morgan fingerprint density at radius 3 is 1.15 bits per heavy atom. The third-order valence-electron chi connectivity index (χ3n) is 6.84. The van der Waals surface area contributed by atoms with Crippen LogP contribution >= 0.6 is 0 Å². The molecule has 0 rings (SSSR count). The predicted octanol–water partition coefficient (Wildman–Crippen LogP) is 8.17. The van der Waals surface area contributed by atoms with Crippen LogP contribution in [0.15, 0.2) is 0 Å². The van der Waals surface area contributed by atoms with Gasteiger partial charge in [-0.15, -0.1) is 0 Å². The van der Waals surface area contributed by atoms with Crippen LogP contribution in [0, 0.1) is 0 Å². The molecular formula is C30H64NO3+. The van der Waals surface area contributed by atoms with Crippen LogP contribution in [0.5, 0.6) is 0 Å². The zero-order chi connectivity index (χ0) is 25.0. The Bertz CT molecular complexity index is 376. The molecule has 0 spiro atoms. The zero-order valence-corrected chi connectivity index (χ0v) is 24.1. The molecule has 0 N–H and O–H groups in total. The molecule has 0 amide bonds. The van der Waals surface area contributed by atoms with Crippen LogP contribution < -0.4 is 0 Å². The zero-order valence-electron chi connectivity index (χ0n) is 24.1. The molecule has 206 valence electrons. The normalized spacial score (nSPS) is 12.0. The first-order valence-electron chi connectivity index (χ1n) is 15.2. The van der Waals surface area contributed by atoms with Crippen LogP contribution in [0.1, 0.15) is 129 Å². The van der Waals surface area contributed by atoms with Gasteiger partial charge in [-0.2, -0.15) is 0 Å². The highest BCUT2D eigenvalue weighted by Crippen LogP contribution is 2.14. The molecule has 0 bridgehead atoms. The summed E-state index contributed by atoms with van der Waals surface area (Å²) in [5, 5.41) is 0. The van der Waals surface area contributed by atoms with Crippen molar-refractivity contribution in [2.24, 2.45) is 0 Å². The van der Waals surface area contributed by atoms with Crippen molar-refractivity contribution in [3.63, 3.8) is 0 Å². The van der Waals surface area contributed by atoms with Gasteiger partial charge < -0.3 is 18.7 Å². The minimum atomic E-state index is 0.670. The van der Waals surface area contributed by atoms with E-state index in [1.54, 1.807) is 0 Å². The molecule has 0 aliphatic rings. The molecule has 0 heterocycles. The van der Waals surface area contributed by atoms with Gasteiger partial charge in [-0.25, -0.2) is 0 Å². The number of quaternary nitrogens is 1. The molecule has 0 aromatic heterocycles. The Hall–Kier alpha value is -0.160. The number of ether oxygens (including phenoxy) is 3. The third-order valence-corrected chi connectivity index (χ3v) is 6.84. The summed E-state index contributed by atoms with van der Waals surface area (Å²) in [6, 6.07) is 0. The second-order valence-corrected chi connectivity index (χ2v) is 10.9. The number of rotatable bonds is 29. The quantitative estimate of drug-likeness (QED) is 0.0788. The van der Waals surface area contributed by atoms with Crippen molar-refractivity contribution in [2.45, 2.75) is 129 Å². The summed E-state index contributed by atoms with van der Waals surface area (Å²) in [5.74, 6) is 0. The molecule has 0 saturated heterocycles. The van der Waals surface area contributed by atoms with E-state index >= 15 is 0 Å². The minimum Gasteiger partial charge on any atom is -0.379 e. The second-order valence-electron chi connectivity index (χ2n) is 10.9. The highest BCUT2D eigenvalue weighted by molar-refractivity contribution is 4.50. The van der Waals surface area contributed by atoms with Gasteiger partial charge >= 0.3 is 0 Å². The summed E-state index contributed by atoms with van der Waals surface area (Å²) in [7, 11) is 4.66. The van der Waals surface area contributed by atoms with Gasteiger partial charge in [0.2, 0.25) is 0 Å². The molecule has 34 heavy (non-hydrogen) atoms. The summed E-state index contributed by atoms with van der Waals surface area (Å²) in [6.07, 6.45) is 25.3. The lowest BCUT2D eigenvalue weighted by atomic mass is 10.0. The standard InChI is InChI=1S/C30H64NO3/c1-5-7-9-10-11-12-13-14-15-16-17-18-19-20-21-22-23-31(3,4)24-26-33-28-30-34-29-27-32-25-8-6-2/h5-30H2,1-4H3/q+1. The number of nitrogens with zero attached hydrogens (tertiary/aromatic N) is 1. The fourth-order valence-corrected chi connectivity index (χ4v) is 4.30. The molecule has 4 nitrogen and oxygen atoms in total. The van der Waals surface area contributed by atoms with Gasteiger partial charge in [-0.05, 0) is 19.3 Å². The monoisotopic (exact) mass is 486 g/mol. The summed E-state index contributed by atoms with van der Waals surface area (Å²) < 4.78 is 17.9. The van der Waals surface area contributed by atoms with E-state index < -0.39 is 0 Å². The van der Waals surface area contributed by atoms with Crippen LogP contribution in [0.25, 0.3) is 0 Å². The van der Waals surface area contributed by atoms with Crippen LogP contribution in [-0.2, 0) is 14.2 Å². The van der Waals surface area contributed by atoms with Gasteiger partial charge in [-0.1, -0.05) is 110 Å². The highest BCUT2D eigenvalue weighted by atomic mass is 16.5. The Kier molecular flexibility index (Phi) is 27.3. The van der Waals surface area contributed by atoms with Crippen molar-refractivity contribution in [1.82, 2.24) is 0 Å². The maximum Gasteiger partial charge on any atom is 0.102 e. The summed E-state index contributed by atoms with van der Waals surface area (Å²) in [4.78, 5) is 0. The van der Waals surface area contributed by atoms with Crippen molar-refractivity contribution < 1.29 is 18.7 Å². The topological polar surface area (TPSA) is 27.7 Å². The Morgan fingerprint density at radius 2 is 0.706 bits per heavy atom. The smallest absolute Gasteiger partial charge is 0.102 e. The molecule has 0 aromatic carbocycles. The van der Waals surface area contributed by atoms with Crippen LogP contribution in [0.3, 0.4) is 0 Å². The van der Waals surface area contributed by atoms with E-state index in [2.05, 4.69) is 27.9 Å². The van der Waals surface area contributed by atoms with Crippen molar-refractivity contribution in [3.05, 3.63) is 0 Å². The van der Waals surface area contributed by atoms with E-state index in [4.69, 9.17) is 14.2 Å². The Labute approximate surface area is 215 Å². The molecule has 0 aromatic rings. The average Bonchev–Trinajstić information content (AvgIpc) is 2.82. The number of likely N-dealkylation sites (N-methyl/N-ethyl adjacent to an activating group) is 1. The van der Waals surface area contributed by atoms with Gasteiger partial charge in [-0.3, -0.25) is 0 Å². The Balaban J connectivity index is 3.27. The van der Waals surface area contributed by atoms with Crippen molar-refractivity contribution >= 4 is 0 Å². The van der Waals surface area contributed by atoms with E-state index in [0.717, 1.165) is 30.7 Å². The predicted molar refractivity (Wildman–Crippen MR) is 149 cm³/mol. The maximum atomic E-state index is 5.77. The van der Waals surface area contributed by atoms with Crippen molar-refractivity contribution in [1.29, 1.82) is 0 Å². The van der Waals surface area contributed by atoms with E-state index in [1.165, 1.54) is 116 Å². The summed E-state index contributed by atoms with van der Waals surface area (Å²) >= 11 is 0. The fraction of sp³-hybridized carbons (Fsp3) is 1.00. The molecule has 0 saturated carbocycles. The van der Waals surface area contributed by atoms with Gasteiger partial charge in [0.15, 0.2) is 0 Å². The van der Waals surface area contributed by atoms with Gasteiger partial charge in [0.1, 0.15) is 6.54 Å². The van der Waals surface area contributed by atoms with Crippen molar-refractivity contribution in [3.8, 4) is 0 Å². The van der Waals surface area contributed by atoms with E-state index in [-0.39, 0.29) is 0 Å². The first kappa shape index (κ1) is 33.8. The lowest BCUT2D eigenvalue weighted by Crippen LogP contribution is -2.43. The lowest BCUT2D eigenvalue weighted by Gasteiger charge is -2.29. The van der Waals surface area contributed by atoms with Crippen LogP contribution in [0.4, 0.5) is 0 Å². The Morgan fingerprint density at radius 1 is 0.353 bits per heavy atom. The number of hydrogen-bond donors (Lipinski definition) is 0. The molecule has 0 aliphatic heterocycles. The van der Waals surface area contributed by atoms with Crippen LogP contribution in [0.2, 0.25) is 0 Å². The van der Waals surface area contributed by atoms with E-state index in [1.807, 2.05) is 0 Å². The van der Waals surface area contributed by atoms with Gasteiger partial charge in [0, 0.05) is 6.61 Å². The average molecular weight is 487 g/mol. The van der Waals surface area contributed by atoms with E-state index in [9.17, 15) is 0 Å². The fourth-order valence-electron chi connectivity index (χ4n) is 4.30. The third kappa shape index (κ3) is 28.1. The molecular weight excluding hydrogens is 422 g/mol. The number of hydrogen-bond acceptors (Lipinski definition) is 3. The van der Waals surface area contributed by atoms with Crippen LogP contribution in [-0.4, -0.2) is 71.3 Å². The second kappa shape index (κ2) is 27.4. The van der Waals surface area contributed by atoms with Crippen molar-refractivity contribution in [2.75, 3.05) is 66.8 Å². The molecule has 0 unspecified atom stereocenters. The lowest BCUT2D eigenvalue weighted by molar-refractivity contribution is -0.891. The SMILES string of the molecule is CCCCCCCCCCCCCCCCCC[N+](C)(C)CCOCCOCCOCCCC. The van der Waals surface area contributed by atoms with E-state index in [0.29, 0.717) is 26.4 Å². The molecule has 0 aliphatic carbocycles. The first-order chi connectivity index (χ1) is 16.6. The molecule has 4 heteroatoms. The minimum absolute atomic E-state index is 0.670. The summed E-state index contributed by atoms with van der Waals surface area (Å²) in [6.45, 7) is 11.2. The number of unbranched alkanes of at least 4 members (excludes halogenated alkanes) is 16. The first-order valence-corrected chi connectivity index (χ1v) is 15.2. The largest absolute Gasteiger partial charge is 0.379 e. The molecule has 0 atom stereocenters. The summed E-state index contributed by atoms with van der Waals surface area (Å²) in [5.41, 5.74) is 0.